The van der Waals surface area contributed by atoms with Crippen LogP contribution in [-0.4, -0.2) is 25.7 Å². The number of nitrogen functional groups attached to an aromatic ring is 1. The number of halogens is 2. The van der Waals surface area contributed by atoms with Gasteiger partial charge >= 0.3 is 0 Å². The number of hydrogen-bond donors (Lipinski definition) is 3. The van der Waals surface area contributed by atoms with Crippen molar-refractivity contribution < 1.29 is 17.9 Å². The topological polar surface area (TPSA) is 92.4 Å². The zero-order valence-corrected chi connectivity index (χ0v) is 13.0. The summed E-state index contributed by atoms with van der Waals surface area (Å²) < 4.78 is 40.8. The average Bonchev–Trinajstić information content (AvgIpc) is 2.36. The molecule has 20 heavy (non-hydrogen) atoms. The van der Waals surface area contributed by atoms with Crippen molar-refractivity contribution in [3.05, 3.63) is 22.4 Å². The van der Waals surface area contributed by atoms with E-state index in [1.54, 1.807) is 0 Å². The second-order valence-electron chi connectivity index (χ2n) is 4.94. The molecule has 2 rings (SSSR count). The number of anilines is 1. The number of benzene rings is 1. The van der Waals surface area contributed by atoms with Crippen LogP contribution < -0.4 is 10.5 Å². The Kier molecular flexibility index (Phi) is 4.68. The summed E-state index contributed by atoms with van der Waals surface area (Å²) in [4.78, 5) is -0.463. The molecule has 0 amide bonds. The minimum absolute atomic E-state index is 0.0111. The van der Waals surface area contributed by atoms with Crippen LogP contribution in [0.2, 0.25) is 0 Å². The van der Waals surface area contributed by atoms with E-state index in [-0.39, 0.29) is 22.3 Å². The van der Waals surface area contributed by atoms with E-state index >= 15 is 0 Å². The number of nitrogens with two attached hydrogens (primary N) is 1. The highest BCUT2D eigenvalue weighted by atomic mass is 79.9. The van der Waals surface area contributed by atoms with Crippen LogP contribution in [0.15, 0.2) is 21.5 Å². The molecule has 1 aliphatic carbocycles. The first kappa shape index (κ1) is 15.7. The highest BCUT2D eigenvalue weighted by Gasteiger charge is 2.27. The SMILES string of the molecule is Nc1cc(Br)c(F)c(S(=O)(=O)NC2CCC(O)CC2)c1. The fraction of sp³-hybridized carbons (Fsp3) is 0.500. The third-order valence-electron chi connectivity index (χ3n) is 3.33. The molecule has 0 aliphatic heterocycles. The van der Waals surface area contributed by atoms with E-state index in [0.29, 0.717) is 25.7 Å². The highest BCUT2D eigenvalue weighted by Crippen LogP contribution is 2.27. The van der Waals surface area contributed by atoms with Gasteiger partial charge in [-0.05, 0) is 53.7 Å². The molecule has 1 aliphatic rings. The van der Waals surface area contributed by atoms with Crippen LogP contribution in [0.4, 0.5) is 10.1 Å². The van der Waals surface area contributed by atoms with Crippen LogP contribution in [0.5, 0.6) is 0 Å². The summed E-state index contributed by atoms with van der Waals surface area (Å²) in [6.45, 7) is 0. The zero-order valence-electron chi connectivity index (χ0n) is 10.6. The van der Waals surface area contributed by atoms with E-state index in [1.165, 1.54) is 6.07 Å². The molecule has 1 fully saturated rings. The first-order valence-electron chi connectivity index (χ1n) is 6.24. The van der Waals surface area contributed by atoms with Crippen LogP contribution in [0.1, 0.15) is 25.7 Å². The Hall–Kier alpha value is -0.700. The van der Waals surface area contributed by atoms with Crippen LogP contribution in [0.3, 0.4) is 0 Å². The van der Waals surface area contributed by atoms with Gasteiger partial charge in [-0.2, -0.15) is 0 Å². The number of sulfonamides is 1. The third-order valence-corrected chi connectivity index (χ3v) is 5.42. The first-order valence-corrected chi connectivity index (χ1v) is 8.52. The normalized spacial score (nSPS) is 23.8. The zero-order chi connectivity index (χ0) is 14.9. The maximum Gasteiger partial charge on any atom is 0.243 e. The summed E-state index contributed by atoms with van der Waals surface area (Å²) in [5.41, 5.74) is 5.72. The quantitative estimate of drug-likeness (QED) is 0.710. The van der Waals surface area contributed by atoms with Crippen molar-refractivity contribution in [1.82, 2.24) is 4.72 Å². The maximum atomic E-state index is 13.9. The molecule has 0 atom stereocenters. The molecule has 0 radical (unpaired) electrons. The Morgan fingerprint density at radius 3 is 2.50 bits per heavy atom. The van der Waals surface area contributed by atoms with Crippen LogP contribution in [0, 0.1) is 5.82 Å². The molecule has 4 N–H and O–H groups in total. The maximum absolute atomic E-state index is 13.9. The minimum atomic E-state index is -3.97. The number of nitrogens with one attached hydrogen (secondary N) is 1. The second kappa shape index (κ2) is 5.97. The Morgan fingerprint density at radius 1 is 1.30 bits per heavy atom. The van der Waals surface area contributed by atoms with E-state index < -0.39 is 20.7 Å². The standard InChI is InChI=1S/C12H16BrFN2O3S/c13-10-5-7(15)6-11(12(10)14)20(18,19)16-8-1-3-9(17)4-2-8/h5-6,8-9,16-17H,1-4,15H2. The summed E-state index contributed by atoms with van der Waals surface area (Å²) in [6.07, 6.45) is 1.76. The van der Waals surface area contributed by atoms with Gasteiger partial charge < -0.3 is 10.8 Å². The van der Waals surface area contributed by atoms with Crippen LogP contribution >= 0.6 is 15.9 Å². The molecule has 0 spiro atoms. The molecule has 0 unspecified atom stereocenters. The predicted molar refractivity (Wildman–Crippen MR) is 77.1 cm³/mol. The van der Waals surface area contributed by atoms with Gasteiger partial charge in [-0.15, -0.1) is 0 Å². The molecule has 8 heteroatoms. The number of hydrogen-bond acceptors (Lipinski definition) is 4. The van der Waals surface area contributed by atoms with Crippen molar-refractivity contribution in [3.8, 4) is 0 Å². The molecule has 1 aromatic rings. The summed E-state index contributed by atoms with van der Waals surface area (Å²) in [6, 6.07) is 2.12. The first-order chi connectivity index (χ1) is 9.29. The lowest BCUT2D eigenvalue weighted by Crippen LogP contribution is -2.38. The lowest BCUT2D eigenvalue weighted by Gasteiger charge is -2.26. The summed E-state index contributed by atoms with van der Waals surface area (Å²) in [5, 5.41) is 9.40. The van der Waals surface area contributed by atoms with Crippen molar-refractivity contribution in [2.75, 3.05) is 5.73 Å². The summed E-state index contributed by atoms with van der Waals surface area (Å²) in [5.74, 6) is -0.859. The lowest BCUT2D eigenvalue weighted by molar-refractivity contribution is 0.120. The Balaban J connectivity index is 2.23. The lowest BCUT2D eigenvalue weighted by atomic mass is 9.94. The molecule has 0 aromatic heterocycles. The molecule has 0 bridgehead atoms. The smallest absolute Gasteiger partial charge is 0.243 e. The van der Waals surface area contributed by atoms with Crippen LogP contribution in [-0.2, 0) is 10.0 Å². The van der Waals surface area contributed by atoms with Crippen molar-refractivity contribution in [2.45, 2.75) is 42.7 Å². The van der Waals surface area contributed by atoms with Gasteiger partial charge in [-0.25, -0.2) is 17.5 Å². The van der Waals surface area contributed by atoms with Crippen molar-refractivity contribution >= 4 is 31.6 Å². The molecule has 1 aromatic carbocycles. The number of rotatable bonds is 3. The third kappa shape index (κ3) is 3.49. The average molecular weight is 367 g/mol. The monoisotopic (exact) mass is 366 g/mol. The van der Waals surface area contributed by atoms with E-state index in [0.717, 1.165) is 6.07 Å². The van der Waals surface area contributed by atoms with Crippen molar-refractivity contribution in [2.24, 2.45) is 0 Å². The minimum Gasteiger partial charge on any atom is -0.399 e. The molecular formula is C12H16BrFN2O3S. The van der Waals surface area contributed by atoms with Gasteiger partial charge in [0.05, 0.1) is 10.6 Å². The van der Waals surface area contributed by atoms with Gasteiger partial charge in [-0.1, -0.05) is 0 Å². The van der Waals surface area contributed by atoms with Gasteiger partial charge in [0.15, 0.2) is 5.82 Å². The summed E-state index contributed by atoms with van der Waals surface area (Å²) >= 11 is 2.94. The van der Waals surface area contributed by atoms with E-state index in [9.17, 15) is 17.9 Å². The van der Waals surface area contributed by atoms with Gasteiger partial charge in [0, 0.05) is 11.7 Å². The van der Waals surface area contributed by atoms with Crippen molar-refractivity contribution in [3.63, 3.8) is 0 Å². The fourth-order valence-corrected chi connectivity index (χ4v) is 4.30. The molecule has 0 heterocycles. The molecule has 0 saturated heterocycles. The second-order valence-corrected chi connectivity index (χ2v) is 7.48. The van der Waals surface area contributed by atoms with Crippen LogP contribution in [0.25, 0.3) is 0 Å². The predicted octanol–water partition coefficient (Wildman–Crippen LogP) is 1.75. The van der Waals surface area contributed by atoms with E-state index in [1.807, 2.05) is 0 Å². The molecular weight excluding hydrogens is 351 g/mol. The number of aliphatic hydroxyl groups is 1. The number of aliphatic hydroxyl groups excluding tert-OH is 1. The highest BCUT2D eigenvalue weighted by molar-refractivity contribution is 9.10. The molecule has 1 saturated carbocycles. The Labute approximate surface area is 125 Å². The Morgan fingerprint density at radius 2 is 1.90 bits per heavy atom. The van der Waals surface area contributed by atoms with Gasteiger partial charge in [0.25, 0.3) is 0 Å². The summed E-state index contributed by atoms with van der Waals surface area (Å²) in [7, 11) is -3.97. The molecule has 5 nitrogen and oxygen atoms in total. The van der Waals surface area contributed by atoms with Crippen molar-refractivity contribution in [1.29, 1.82) is 0 Å². The van der Waals surface area contributed by atoms with E-state index in [2.05, 4.69) is 20.7 Å². The molecule has 112 valence electrons. The van der Waals surface area contributed by atoms with Gasteiger partial charge in [0.2, 0.25) is 10.0 Å². The fourth-order valence-electron chi connectivity index (χ4n) is 2.26. The van der Waals surface area contributed by atoms with Gasteiger partial charge in [-0.3, -0.25) is 0 Å². The Bertz CT molecular complexity index is 601. The largest absolute Gasteiger partial charge is 0.399 e. The van der Waals surface area contributed by atoms with Gasteiger partial charge in [0.1, 0.15) is 4.90 Å². The van der Waals surface area contributed by atoms with E-state index in [4.69, 9.17) is 5.73 Å².